The van der Waals surface area contributed by atoms with E-state index in [1.54, 1.807) is 35.4 Å². The van der Waals surface area contributed by atoms with Crippen LogP contribution in [0.15, 0.2) is 35.1 Å². The fraction of sp³-hybridized carbons (Fsp3) is 0.200. The zero-order chi connectivity index (χ0) is 14.0. The summed E-state index contributed by atoms with van der Waals surface area (Å²) in [5.41, 5.74) is 2.67. The van der Waals surface area contributed by atoms with E-state index in [4.69, 9.17) is 0 Å². The molecule has 2 rings (SSSR count). The van der Waals surface area contributed by atoms with E-state index in [0.717, 1.165) is 17.0 Å². The van der Waals surface area contributed by atoms with Gasteiger partial charge in [-0.2, -0.15) is 13.9 Å². The number of rotatable bonds is 2. The molecule has 0 unspecified atom stereocenters. The number of nitrogens with zero attached hydrogens (tertiary/aromatic N) is 2. The van der Waals surface area contributed by atoms with Crippen LogP contribution < -0.4 is 22.7 Å². The third-order valence-corrected chi connectivity index (χ3v) is 3.19. The van der Waals surface area contributed by atoms with Crippen LogP contribution in [0.2, 0.25) is 0 Å². The normalized spacial score (nSPS) is 10.6. The van der Waals surface area contributed by atoms with E-state index < -0.39 is 0 Å². The predicted octanol–water partition coefficient (Wildman–Crippen LogP) is -1.60. The van der Waals surface area contributed by atoms with E-state index in [-0.39, 0.29) is 23.8 Å². The van der Waals surface area contributed by atoms with E-state index in [2.05, 4.69) is 0 Å². The van der Waals surface area contributed by atoms with Crippen molar-refractivity contribution >= 4 is 12.2 Å². The summed E-state index contributed by atoms with van der Waals surface area (Å²) >= 11 is 0. The van der Waals surface area contributed by atoms with E-state index >= 15 is 0 Å². The Kier molecular flexibility index (Phi) is 5.11. The van der Waals surface area contributed by atoms with Gasteiger partial charge in [-0.3, -0.25) is 0 Å². The SMILES string of the molecule is Cc1cc(/C=C/c2ccc(O)cc2)[n+](C)c(=O)n1C.[Cl-]. The van der Waals surface area contributed by atoms with Crippen molar-refractivity contribution in [1.29, 1.82) is 0 Å². The molecule has 1 aromatic heterocycles. The summed E-state index contributed by atoms with van der Waals surface area (Å²) in [7, 11) is 3.50. The Balaban J connectivity index is 0.00000200. The fourth-order valence-electron chi connectivity index (χ4n) is 1.82. The van der Waals surface area contributed by atoms with Gasteiger partial charge in [0, 0.05) is 6.07 Å². The van der Waals surface area contributed by atoms with Gasteiger partial charge in [-0.15, -0.1) is 0 Å². The monoisotopic (exact) mass is 292 g/mol. The van der Waals surface area contributed by atoms with Crippen molar-refractivity contribution in [2.24, 2.45) is 14.1 Å². The fourth-order valence-corrected chi connectivity index (χ4v) is 1.82. The first-order chi connectivity index (χ1) is 8.99. The van der Waals surface area contributed by atoms with E-state index in [1.165, 1.54) is 0 Å². The van der Waals surface area contributed by atoms with Gasteiger partial charge in [0.25, 0.3) is 0 Å². The molecule has 0 fully saturated rings. The van der Waals surface area contributed by atoms with Gasteiger partial charge in [0.05, 0.1) is 14.1 Å². The topological polar surface area (TPSA) is 46.1 Å². The second-order valence-electron chi connectivity index (χ2n) is 4.54. The van der Waals surface area contributed by atoms with Gasteiger partial charge < -0.3 is 17.5 Å². The van der Waals surface area contributed by atoms with E-state index in [0.29, 0.717) is 0 Å². The van der Waals surface area contributed by atoms with E-state index in [1.807, 2.05) is 37.3 Å². The van der Waals surface area contributed by atoms with Crippen molar-refractivity contribution in [3.05, 3.63) is 57.8 Å². The average Bonchev–Trinajstić information content (AvgIpc) is 2.41. The minimum Gasteiger partial charge on any atom is -1.00 e. The van der Waals surface area contributed by atoms with Crippen molar-refractivity contribution < 1.29 is 22.1 Å². The van der Waals surface area contributed by atoms with Crippen molar-refractivity contribution in [3.63, 3.8) is 0 Å². The Morgan fingerprint density at radius 2 is 1.80 bits per heavy atom. The van der Waals surface area contributed by atoms with Crippen LogP contribution in [0.3, 0.4) is 0 Å². The highest BCUT2D eigenvalue weighted by Gasteiger charge is 2.11. The van der Waals surface area contributed by atoms with Gasteiger partial charge >= 0.3 is 5.69 Å². The number of benzene rings is 1. The van der Waals surface area contributed by atoms with Crippen molar-refractivity contribution in [3.8, 4) is 5.75 Å². The summed E-state index contributed by atoms with van der Waals surface area (Å²) in [5.74, 6) is 0.243. The molecule has 5 heteroatoms. The van der Waals surface area contributed by atoms with Gasteiger partial charge in [-0.25, -0.2) is 0 Å². The second-order valence-corrected chi connectivity index (χ2v) is 4.54. The Hall–Kier alpha value is -2.07. The molecule has 0 saturated carbocycles. The van der Waals surface area contributed by atoms with Crippen LogP contribution in [0, 0.1) is 6.92 Å². The van der Waals surface area contributed by atoms with Crippen LogP contribution in [0.25, 0.3) is 12.2 Å². The van der Waals surface area contributed by atoms with Crippen molar-refractivity contribution in [2.45, 2.75) is 6.92 Å². The van der Waals surface area contributed by atoms with Gasteiger partial charge in [-0.1, -0.05) is 18.2 Å². The molecule has 1 heterocycles. The molecule has 0 radical (unpaired) electrons. The maximum absolute atomic E-state index is 11.9. The lowest BCUT2D eigenvalue weighted by Gasteiger charge is -2.01. The largest absolute Gasteiger partial charge is 1.00 e. The van der Waals surface area contributed by atoms with Gasteiger partial charge in [0.15, 0.2) is 0 Å². The minimum absolute atomic E-state index is 0. The second kappa shape index (κ2) is 6.39. The molecule has 4 nitrogen and oxygen atoms in total. The Morgan fingerprint density at radius 3 is 2.40 bits per heavy atom. The Morgan fingerprint density at radius 1 is 1.20 bits per heavy atom. The lowest BCUT2D eigenvalue weighted by molar-refractivity contribution is -0.692. The van der Waals surface area contributed by atoms with Crippen molar-refractivity contribution in [1.82, 2.24) is 4.57 Å². The molecule has 0 aliphatic rings. The number of hydrogen-bond donors (Lipinski definition) is 1. The molecule has 1 aromatic carbocycles. The van der Waals surface area contributed by atoms with Crippen LogP contribution >= 0.6 is 0 Å². The summed E-state index contributed by atoms with van der Waals surface area (Å²) in [4.78, 5) is 11.9. The first kappa shape index (κ1) is 16.0. The highest BCUT2D eigenvalue weighted by molar-refractivity contribution is 5.67. The molecule has 0 bridgehead atoms. The zero-order valence-electron chi connectivity index (χ0n) is 11.7. The van der Waals surface area contributed by atoms with Crippen LogP contribution in [-0.4, -0.2) is 9.67 Å². The number of aromatic hydroxyl groups is 1. The van der Waals surface area contributed by atoms with E-state index in [9.17, 15) is 9.90 Å². The Bertz CT molecular complexity index is 688. The number of phenols is 1. The highest BCUT2D eigenvalue weighted by Crippen LogP contribution is 2.11. The number of phenolic OH excluding ortho intramolecular Hbond substituents is 1. The quantitative estimate of drug-likeness (QED) is 0.678. The number of halogens is 1. The highest BCUT2D eigenvalue weighted by atomic mass is 35.5. The Labute approximate surface area is 124 Å². The number of hydrogen-bond acceptors (Lipinski definition) is 2. The van der Waals surface area contributed by atoms with Crippen LogP contribution in [-0.2, 0) is 14.1 Å². The maximum atomic E-state index is 11.9. The summed E-state index contributed by atoms with van der Waals surface area (Å²) in [5, 5.41) is 9.22. The minimum atomic E-state index is -0.0506. The molecule has 20 heavy (non-hydrogen) atoms. The predicted molar refractivity (Wildman–Crippen MR) is 74.6 cm³/mol. The molecular weight excluding hydrogens is 276 g/mol. The average molecular weight is 293 g/mol. The molecule has 0 atom stereocenters. The number of aryl methyl sites for hydroxylation is 1. The van der Waals surface area contributed by atoms with Gasteiger partial charge in [-0.05, 0) is 30.7 Å². The number of aromatic nitrogens is 2. The third kappa shape index (κ3) is 3.27. The van der Waals surface area contributed by atoms with Crippen LogP contribution in [0.1, 0.15) is 17.0 Å². The first-order valence-corrected chi connectivity index (χ1v) is 6.03. The molecule has 0 spiro atoms. The van der Waals surface area contributed by atoms with Gasteiger partial charge in [0.1, 0.15) is 17.1 Å². The van der Waals surface area contributed by atoms with Crippen LogP contribution in [0.5, 0.6) is 5.75 Å². The first-order valence-electron chi connectivity index (χ1n) is 6.03. The molecule has 106 valence electrons. The van der Waals surface area contributed by atoms with Gasteiger partial charge in [0.2, 0.25) is 0 Å². The maximum Gasteiger partial charge on any atom is 0.498 e. The molecule has 1 N–H and O–H groups in total. The summed E-state index contributed by atoms with van der Waals surface area (Å²) in [6, 6.07) is 8.86. The van der Waals surface area contributed by atoms with Crippen molar-refractivity contribution in [2.75, 3.05) is 0 Å². The molecule has 2 aromatic rings. The smallest absolute Gasteiger partial charge is 0.498 e. The summed E-state index contributed by atoms with van der Waals surface area (Å²) < 4.78 is 3.21. The molecule has 0 aliphatic heterocycles. The standard InChI is InChI=1S/C15H16N2O2.ClH/c1-11-10-13(17(3)15(19)16(11)2)7-4-12-5-8-14(18)9-6-12;/h4-10H,1-3H3;1H. The zero-order valence-corrected chi connectivity index (χ0v) is 12.4. The molecule has 0 saturated heterocycles. The molecule has 0 amide bonds. The lowest BCUT2D eigenvalue weighted by Crippen LogP contribution is -3.00. The third-order valence-electron chi connectivity index (χ3n) is 3.19. The lowest BCUT2D eigenvalue weighted by atomic mass is 10.2. The summed E-state index contributed by atoms with van der Waals surface area (Å²) in [6.07, 6.45) is 3.80. The molecular formula is C15H17ClN2O2. The summed E-state index contributed by atoms with van der Waals surface area (Å²) in [6.45, 7) is 1.90. The van der Waals surface area contributed by atoms with Crippen LogP contribution in [0.4, 0.5) is 0 Å². The molecule has 0 aliphatic carbocycles.